The molecule has 7 aromatic carbocycles. The summed E-state index contributed by atoms with van der Waals surface area (Å²) in [4.78, 5) is 9.26. The van der Waals surface area contributed by atoms with Crippen LogP contribution in [-0.2, 0) is 21.1 Å². The summed E-state index contributed by atoms with van der Waals surface area (Å²) in [5.74, 6) is 2.01. The number of para-hydroxylation sites is 2. The van der Waals surface area contributed by atoms with E-state index in [1.54, 1.807) is 0 Å². The zero-order valence-corrected chi connectivity index (χ0v) is 33.0. The van der Waals surface area contributed by atoms with Gasteiger partial charge < -0.3 is 19.1 Å². The van der Waals surface area contributed by atoms with Crippen molar-refractivity contribution in [3.05, 3.63) is 194 Å². The SMILES string of the molecule is Cc1ccc(-c2cccc3c2N(C)[CH-]N3c2[c-]c(Oc3[c-]c4c(cc3)c3ccccc3n4-c3cc(-c4ccccc4-c4ccccc4)ccn3)ccc2)cc1.[Pt]. The Bertz CT molecular complexity index is 2870. The molecule has 0 unspecified atom stereocenters. The van der Waals surface area contributed by atoms with Crippen molar-refractivity contribution in [2.45, 2.75) is 6.92 Å². The van der Waals surface area contributed by atoms with Crippen LogP contribution in [0.2, 0.25) is 0 Å². The first kappa shape index (κ1) is 35.3. The van der Waals surface area contributed by atoms with Gasteiger partial charge in [0.1, 0.15) is 5.82 Å². The van der Waals surface area contributed by atoms with Crippen LogP contribution in [-0.4, -0.2) is 16.6 Å². The molecule has 0 amide bonds. The number of pyridine rings is 1. The number of nitrogens with zero attached hydrogens (tertiary/aromatic N) is 4. The molecule has 10 rings (SSSR count). The van der Waals surface area contributed by atoms with Crippen LogP contribution in [0.5, 0.6) is 11.5 Å². The van der Waals surface area contributed by atoms with Crippen LogP contribution >= 0.6 is 0 Å². The summed E-state index contributed by atoms with van der Waals surface area (Å²) in [6, 6.07) is 64.1. The Balaban J connectivity index is 0.00000410. The van der Waals surface area contributed by atoms with Crippen LogP contribution in [0.4, 0.5) is 17.1 Å². The average Bonchev–Trinajstić information content (AvgIpc) is 3.76. The Labute approximate surface area is 341 Å². The van der Waals surface area contributed by atoms with Crippen molar-refractivity contribution >= 4 is 38.9 Å². The van der Waals surface area contributed by atoms with E-state index in [9.17, 15) is 0 Å². The molecular formula is C50H35N4OPt-3. The summed E-state index contributed by atoms with van der Waals surface area (Å²) in [6.07, 6.45) is 1.89. The standard InChI is InChI=1S/C50H35N4O.Pt/c1-34-22-24-36(25-23-34)43-19-11-21-47-50(43)52(2)33-53(47)38-14-10-15-39(31-38)55-40-26-27-45-44-18-8-9-20-46(44)54(48(45)32-40)49-30-37(28-29-51-49)42-17-7-6-16-41(42)35-12-4-3-5-13-35;/h3-30,33H,1-2H3;/q-3;. The summed E-state index contributed by atoms with van der Waals surface area (Å²) in [6.45, 7) is 4.22. The summed E-state index contributed by atoms with van der Waals surface area (Å²) < 4.78 is 8.74. The number of benzene rings is 7. The van der Waals surface area contributed by atoms with Crippen molar-refractivity contribution in [3.63, 3.8) is 0 Å². The van der Waals surface area contributed by atoms with Crippen LogP contribution in [0.25, 0.3) is 61.0 Å². The number of aryl methyl sites for hydroxylation is 1. The Hall–Kier alpha value is -6.42. The van der Waals surface area contributed by atoms with Gasteiger partial charge in [0.25, 0.3) is 0 Å². The van der Waals surface area contributed by atoms with E-state index >= 15 is 0 Å². The van der Waals surface area contributed by atoms with Crippen LogP contribution in [0.1, 0.15) is 5.56 Å². The molecule has 5 nitrogen and oxygen atoms in total. The van der Waals surface area contributed by atoms with Gasteiger partial charge in [-0.25, -0.2) is 4.98 Å². The molecule has 0 bridgehead atoms. The number of anilines is 3. The van der Waals surface area contributed by atoms with Crippen molar-refractivity contribution in [2.75, 3.05) is 16.8 Å². The fraction of sp³-hybridized carbons (Fsp3) is 0.0400. The molecule has 0 fully saturated rings. The van der Waals surface area contributed by atoms with Gasteiger partial charge in [-0.15, -0.1) is 41.4 Å². The van der Waals surface area contributed by atoms with Gasteiger partial charge in [0.2, 0.25) is 0 Å². The second-order valence-corrected chi connectivity index (χ2v) is 13.9. The van der Waals surface area contributed by atoms with Crippen LogP contribution < -0.4 is 14.5 Å². The molecule has 274 valence electrons. The Morgan fingerprint density at radius 2 is 1.29 bits per heavy atom. The van der Waals surface area contributed by atoms with E-state index in [-0.39, 0.29) is 21.1 Å². The summed E-state index contributed by atoms with van der Waals surface area (Å²) in [5, 5.41) is 2.20. The molecule has 0 saturated heterocycles. The van der Waals surface area contributed by atoms with Crippen molar-refractivity contribution in [3.8, 4) is 50.7 Å². The van der Waals surface area contributed by atoms with E-state index in [0.717, 1.165) is 55.8 Å². The first-order chi connectivity index (χ1) is 27.1. The molecule has 0 atom stereocenters. The van der Waals surface area contributed by atoms with Gasteiger partial charge in [0.05, 0.1) is 0 Å². The second-order valence-electron chi connectivity index (χ2n) is 13.9. The average molecular weight is 903 g/mol. The van der Waals surface area contributed by atoms with E-state index in [1.807, 2.05) is 30.5 Å². The minimum Gasteiger partial charge on any atom is -0.509 e. The van der Waals surface area contributed by atoms with E-state index in [4.69, 9.17) is 9.72 Å². The Morgan fingerprint density at radius 1 is 0.589 bits per heavy atom. The quantitative estimate of drug-likeness (QED) is 0.149. The molecule has 0 N–H and O–H groups in total. The molecule has 3 heterocycles. The molecule has 0 aliphatic carbocycles. The first-order valence-corrected chi connectivity index (χ1v) is 18.4. The topological polar surface area (TPSA) is 33.5 Å². The minimum absolute atomic E-state index is 0. The van der Waals surface area contributed by atoms with Crippen molar-refractivity contribution in [1.82, 2.24) is 9.55 Å². The van der Waals surface area contributed by atoms with Crippen LogP contribution in [0.3, 0.4) is 0 Å². The van der Waals surface area contributed by atoms with Gasteiger partial charge in [-0.3, -0.25) is 0 Å². The number of aromatic nitrogens is 2. The van der Waals surface area contributed by atoms with E-state index < -0.39 is 0 Å². The molecule has 0 radical (unpaired) electrons. The number of ether oxygens (including phenoxy) is 1. The third kappa shape index (κ3) is 6.24. The van der Waals surface area contributed by atoms with E-state index in [1.165, 1.54) is 27.8 Å². The molecule has 0 spiro atoms. The predicted octanol–water partition coefficient (Wildman–Crippen LogP) is 12.6. The van der Waals surface area contributed by atoms with Crippen LogP contribution in [0, 0.1) is 25.7 Å². The van der Waals surface area contributed by atoms with Gasteiger partial charge in [0, 0.05) is 61.2 Å². The van der Waals surface area contributed by atoms with Crippen molar-refractivity contribution < 1.29 is 25.8 Å². The third-order valence-corrected chi connectivity index (χ3v) is 10.4. The minimum atomic E-state index is 0. The van der Waals surface area contributed by atoms with Gasteiger partial charge >= 0.3 is 0 Å². The molecule has 0 saturated carbocycles. The summed E-state index contributed by atoms with van der Waals surface area (Å²) in [5.41, 5.74) is 13.3. The molecule has 9 aromatic rings. The molecule has 6 heteroatoms. The monoisotopic (exact) mass is 902 g/mol. The van der Waals surface area contributed by atoms with E-state index in [2.05, 4.69) is 187 Å². The Kier molecular flexibility index (Phi) is 9.25. The van der Waals surface area contributed by atoms with Gasteiger partial charge in [-0.05, 0) is 71.4 Å². The maximum absolute atomic E-state index is 6.55. The second kappa shape index (κ2) is 14.7. The normalized spacial score (nSPS) is 12.2. The predicted molar refractivity (Wildman–Crippen MR) is 225 cm³/mol. The van der Waals surface area contributed by atoms with Gasteiger partial charge in [-0.2, -0.15) is 18.8 Å². The molecule has 2 aromatic heterocycles. The van der Waals surface area contributed by atoms with Crippen molar-refractivity contribution in [1.29, 1.82) is 0 Å². The zero-order valence-electron chi connectivity index (χ0n) is 30.8. The largest absolute Gasteiger partial charge is 0.509 e. The number of hydrogen-bond acceptors (Lipinski definition) is 4. The molecule has 1 aliphatic rings. The number of fused-ring (bicyclic) bond motifs is 4. The first-order valence-electron chi connectivity index (χ1n) is 18.4. The maximum atomic E-state index is 6.55. The molecular weight excluding hydrogens is 868 g/mol. The van der Waals surface area contributed by atoms with Crippen molar-refractivity contribution in [2.24, 2.45) is 0 Å². The van der Waals surface area contributed by atoms with Gasteiger partial charge in [-0.1, -0.05) is 120 Å². The summed E-state index contributed by atoms with van der Waals surface area (Å²) >= 11 is 0. The zero-order chi connectivity index (χ0) is 36.9. The Morgan fingerprint density at radius 3 is 2.12 bits per heavy atom. The third-order valence-electron chi connectivity index (χ3n) is 10.4. The number of hydrogen-bond donors (Lipinski definition) is 0. The number of rotatable bonds is 7. The van der Waals surface area contributed by atoms with Gasteiger partial charge in [0.15, 0.2) is 0 Å². The maximum Gasteiger partial charge on any atom is 0.136 e. The fourth-order valence-electron chi connectivity index (χ4n) is 7.79. The summed E-state index contributed by atoms with van der Waals surface area (Å²) in [7, 11) is 2.09. The van der Waals surface area contributed by atoms with Crippen LogP contribution in [0.15, 0.2) is 170 Å². The fourth-order valence-corrected chi connectivity index (χ4v) is 7.79. The molecule has 56 heavy (non-hydrogen) atoms. The smallest absolute Gasteiger partial charge is 0.136 e. The van der Waals surface area contributed by atoms with E-state index in [0.29, 0.717) is 11.5 Å². The molecule has 1 aliphatic heterocycles.